The van der Waals surface area contributed by atoms with Crippen LogP contribution in [0.2, 0.25) is 0 Å². The first-order valence-corrected chi connectivity index (χ1v) is 44.3. The molecule has 0 radical (unpaired) electrons. The Morgan fingerprint density at radius 1 is 0.255 bits per heavy atom. The normalized spacial score (nSPS) is 14.9. The van der Waals surface area contributed by atoms with Crippen molar-refractivity contribution < 1.29 is 80.2 Å². The Morgan fingerprint density at radius 2 is 0.455 bits per heavy atom. The van der Waals surface area contributed by atoms with Gasteiger partial charge in [0.25, 0.3) is 0 Å². The largest absolute Gasteiger partial charge is 0.472 e. The fourth-order valence-corrected chi connectivity index (χ4v) is 11.7. The van der Waals surface area contributed by atoms with Crippen molar-refractivity contribution in [2.24, 2.45) is 0 Å². The molecule has 0 aromatic rings. The molecule has 5 atom stereocenters. The summed E-state index contributed by atoms with van der Waals surface area (Å²) in [6.07, 6.45) is 101. The van der Waals surface area contributed by atoms with Crippen molar-refractivity contribution in [3.63, 3.8) is 0 Å². The van der Waals surface area contributed by atoms with Crippen LogP contribution in [0.3, 0.4) is 0 Å². The van der Waals surface area contributed by atoms with Gasteiger partial charge in [-0.15, -0.1) is 0 Å². The van der Waals surface area contributed by atoms with E-state index in [0.717, 1.165) is 199 Å². The van der Waals surface area contributed by atoms with Gasteiger partial charge in [-0.25, -0.2) is 9.13 Å². The van der Waals surface area contributed by atoms with Crippen molar-refractivity contribution in [2.75, 3.05) is 39.6 Å². The molecule has 0 rings (SSSR count). The van der Waals surface area contributed by atoms with Crippen LogP contribution in [0.4, 0.5) is 0 Å². The maximum absolute atomic E-state index is 13.1. The fourth-order valence-electron chi connectivity index (χ4n) is 10.1. The van der Waals surface area contributed by atoms with Gasteiger partial charge in [0.2, 0.25) is 0 Å². The van der Waals surface area contributed by atoms with E-state index in [0.29, 0.717) is 32.1 Å². The van der Waals surface area contributed by atoms with Gasteiger partial charge >= 0.3 is 39.5 Å². The van der Waals surface area contributed by atoms with Crippen molar-refractivity contribution in [2.45, 2.75) is 303 Å². The van der Waals surface area contributed by atoms with Gasteiger partial charge in [0.05, 0.1) is 26.4 Å². The highest BCUT2D eigenvalue weighted by Gasteiger charge is 2.30. The van der Waals surface area contributed by atoms with Crippen LogP contribution < -0.4 is 0 Å². The van der Waals surface area contributed by atoms with Crippen LogP contribution in [0.25, 0.3) is 0 Å². The number of aliphatic hydroxyl groups is 1. The van der Waals surface area contributed by atoms with Crippen molar-refractivity contribution in [3.8, 4) is 0 Å². The molecule has 17 nitrogen and oxygen atoms in total. The van der Waals surface area contributed by atoms with Crippen LogP contribution in [0.5, 0.6) is 0 Å². The van der Waals surface area contributed by atoms with E-state index in [-0.39, 0.29) is 25.7 Å². The zero-order valence-electron chi connectivity index (χ0n) is 67.8. The lowest BCUT2D eigenvalue weighted by molar-refractivity contribution is -0.161. The van der Waals surface area contributed by atoms with E-state index in [9.17, 15) is 43.2 Å². The lowest BCUT2D eigenvalue weighted by Gasteiger charge is -2.21. The van der Waals surface area contributed by atoms with E-state index in [1.807, 2.05) is 12.2 Å². The van der Waals surface area contributed by atoms with Gasteiger partial charge in [-0.3, -0.25) is 37.3 Å². The molecule has 0 aliphatic heterocycles. The summed E-state index contributed by atoms with van der Waals surface area (Å²) in [4.78, 5) is 73.2. The Morgan fingerprint density at radius 3 is 0.718 bits per heavy atom. The van der Waals surface area contributed by atoms with E-state index in [1.165, 1.54) is 0 Å². The number of allylic oxidation sites excluding steroid dienone is 34. The minimum Gasteiger partial charge on any atom is -0.462 e. The lowest BCUT2D eigenvalue weighted by atomic mass is 10.1. The predicted octanol–water partition coefficient (Wildman–Crippen LogP) is 24.7. The third-order valence-electron chi connectivity index (χ3n) is 16.2. The first-order valence-electron chi connectivity index (χ1n) is 41.3. The summed E-state index contributed by atoms with van der Waals surface area (Å²) in [5.41, 5.74) is 0. The van der Waals surface area contributed by atoms with Gasteiger partial charge in [-0.1, -0.05) is 286 Å². The Bertz CT molecular complexity index is 2900. The molecule has 19 heteroatoms. The third kappa shape index (κ3) is 79.7. The van der Waals surface area contributed by atoms with E-state index in [2.05, 4.69) is 222 Å². The average Bonchev–Trinajstić information content (AvgIpc) is 0.900. The molecule has 0 saturated carbocycles. The summed E-state index contributed by atoms with van der Waals surface area (Å²) < 4.78 is 68.6. The molecule has 3 N–H and O–H groups in total. The van der Waals surface area contributed by atoms with Gasteiger partial charge in [-0.2, -0.15) is 0 Å². The first-order chi connectivity index (χ1) is 53.7. The summed E-state index contributed by atoms with van der Waals surface area (Å²) in [7, 11) is -10.0. The van der Waals surface area contributed by atoms with Gasteiger partial charge in [0.1, 0.15) is 19.3 Å². The smallest absolute Gasteiger partial charge is 0.462 e. The molecule has 0 spiro atoms. The number of carbonyl (C=O) groups excluding carboxylic acids is 4. The molecule has 0 aliphatic carbocycles. The molecule has 0 fully saturated rings. The standard InChI is InChI=1S/C91H144O17P2/c1-5-9-13-17-21-25-29-33-37-41-42-46-48-52-56-60-64-68-72-76-89(94)102-82-87(108-91(96)78-74-70-66-62-58-54-50-45-40-36-32-28-24-20-16-12-8-4)84-106-110(99,100)104-80-85(92)79-103-109(97,98)105-83-86(107-90(95)77-73-69-65-61-57-53-49-44-39-35-31-27-23-19-15-11-7-3)81-101-88(93)75-71-67-63-59-55-51-47-43-38-34-30-26-22-18-14-10-6-2/h9-16,21-28,33-40,42,46-47,49-51,53-54,62,66,85-87,92H,5-8,17-20,29-32,41,43-45,48,52,55-61,63-65,67-84H2,1-4H3,(H,97,98)(H,99,100)/b13-9-,14-10-,15-11-,16-12-,25-21-,26-22-,27-23-,28-24-,37-33-,38-34-,39-35-,40-36-,46-42-,51-47-,53-49-,54-50-,66-62-. The van der Waals surface area contributed by atoms with E-state index >= 15 is 0 Å². The second-order valence-electron chi connectivity index (χ2n) is 26.5. The van der Waals surface area contributed by atoms with Crippen LogP contribution in [-0.4, -0.2) is 96.7 Å². The van der Waals surface area contributed by atoms with Gasteiger partial charge in [-0.05, 0) is 180 Å². The topological polar surface area (TPSA) is 237 Å². The molecular weight excluding hydrogens is 1430 g/mol. The van der Waals surface area contributed by atoms with Crippen molar-refractivity contribution in [1.82, 2.24) is 0 Å². The van der Waals surface area contributed by atoms with Crippen LogP contribution in [0.15, 0.2) is 207 Å². The van der Waals surface area contributed by atoms with Crippen molar-refractivity contribution >= 4 is 39.5 Å². The van der Waals surface area contributed by atoms with E-state index in [1.54, 1.807) is 0 Å². The maximum Gasteiger partial charge on any atom is 0.472 e. The van der Waals surface area contributed by atoms with Crippen LogP contribution in [-0.2, 0) is 65.4 Å². The summed E-state index contributed by atoms with van der Waals surface area (Å²) in [5, 5.41) is 10.7. The molecule has 0 aromatic carbocycles. The number of rotatable bonds is 75. The summed E-state index contributed by atoms with van der Waals surface area (Å²) >= 11 is 0. The van der Waals surface area contributed by atoms with E-state index < -0.39 is 97.5 Å². The van der Waals surface area contributed by atoms with Crippen LogP contribution in [0.1, 0.15) is 285 Å². The number of esters is 4. The van der Waals surface area contributed by atoms with Crippen molar-refractivity contribution in [1.29, 1.82) is 0 Å². The molecule has 0 heterocycles. The number of ether oxygens (including phenoxy) is 4. The highest BCUT2D eigenvalue weighted by atomic mass is 31.2. The predicted molar refractivity (Wildman–Crippen MR) is 454 cm³/mol. The molecule has 5 unspecified atom stereocenters. The zero-order chi connectivity index (χ0) is 80.3. The van der Waals surface area contributed by atoms with E-state index in [4.69, 9.17) is 37.0 Å². The minimum absolute atomic E-state index is 0.00361. The molecule has 0 aliphatic rings. The number of phosphoric acid groups is 2. The lowest BCUT2D eigenvalue weighted by Crippen LogP contribution is -2.30. The quantitative estimate of drug-likeness (QED) is 0.0169. The number of carbonyl (C=O) groups is 4. The van der Waals surface area contributed by atoms with Crippen molar-refractivity contribution in [3.05, 3.63) is 207 Å². The monoisotopic (exact) mass is 1570 g/mol. The molecular formula is C91H144O17P2. The molecule has 0 amide bonds. The molecule has 620 valence electrons. The zero-order valence-corrected chi connectivity index (χ0v) is 69.6. The Labute approximate surface area is 665 Å². The van der Waals surface area contributed by atoms with Crippen LogP contribution >= 0.6 is 15.6 Å². The minimum atomic E-state index is -5.02. The maximum atomic E-state index is 13.1. The Balaban J connectivity index is 5.52. The van der Waals surface area contributed by atoms with Gasteiger partial charge in [0.15, 0.2) is 12.2 Å². The Hall–Kier alpha value is -6.36. The summed E-state index contributed by atoms with van der Waals surface area (Å²) in [6.45, 7) is 4.26. The second kappa shape index (κ2) is 80.7. The molecule has 0 saturated heterocycles. The van der Waals surface area contributed by atoms with Gasteiger partial charge in [0, 0.05) is 25.7 Å². The fraction of sp³-hybridized carbons (Fsp3) is 0.582. The number of unbranched alkanes of at least 4 members (excludes halogenated alkanes) is 15. The SMILES string of the molecule is CC/C=C\C/C=C\C/C=C\C/C=C\C/C=C\CCCC(=O)OC(COC(=O)CCCCCCCC/C=C\C/C=C\C/C=C\C/C=C\CC)COP(=O)(O)OCC(O)COP(=O)(O)OCC(COC(=O)CCCCCC/C=C\C/C=C\C/C=C\C/C=C\CC)OC(=O)CCCCCC/C=C\C/C=C\C/C=C\C/C=C\CC. The second-order valence-corrected chi connectivity index (χ2v) is 29.4. The molecule has 110 heavy (non-hydrogen) atoms. The number of phosphoric ester groups is 2. The molecule has 0 bridgehead atoms. The number of hydrogen-bond donors (Lipinski definition) is 3. The number of hydrogen-bond acceptors (Lipinski definition) is 15. The first kappa shape index (κ1) is 104. The highest BCUT2D eigenvalue weighted by Crippen LogP contribution is 2.45. The number of aliphatic hydroxyl groups excluding tert-OH is 1. The summed E-state index contributed by atoms with van der Waals surface area (Å²) in [6, 6.07) is 0. The highest BCUT2D eigenvalue weighted by molar-refractivity contribution is 7.47. The average molecular weight is 1570 g/mol. The van der Waals surface area contributed by atoms with Gasteiger partial charge < -0.3 is 33.8 Å². The summed E-state index contributed by atoms with van der Waals surface area (Å²) in [5.74, 6) is -2.33. The Kier molecular flexibility index (Phi) is 76.0. The molecule has 0 aromatic heterocycles. The van der Waals surface area contributed by atoms with Crippen LogP contribution in [0, 0.1) is 0 Å². The third-order valence-corrected chi connectivity index (χ3v) is 18.1.